The molecule has 0 aliphatic carbocycles. The molecule has 3 rings (SSSR count). The van der Waals surface area contributed by atoms with Crippen LogP contribution in [0, 0.1) is 5.92 Å². The van der Waals surface area contributed by atoms with Crippen molar-refractivity contribution >= 4 is 5.69 Å². The predicted octanol–water partition coefficient (Wildman–Crippen LogP) is 2.96. The Morgan fingerprint density at radius 2 is 2.17 bits per heavy atom. The molecule has 0 radical (unpaired) electrons. The molecule has 2 nitrogen and oxygen atoms in total. The molecule has 2 aliphatic rings. The van der Waals surface area contributed by atoms with Gasteiger partial charge in [0, 0.05) is 24.8 Å². The maximum Gasteiger partial charge on any atom is 0.0417 e. The van der Waals surface area contributed by atoms with Crippen LogP contribution in [0.3, 0.4) is 0 Å². The maximum atomic E-state index is 3.52. The van der Waals surface area contributed by atoms with Gasteiger partial charge in [-0.05, 0) is 55.8 Å². The zero-order valence-electron chi connectivity index (χ0n) is 11.6. The zero-order chi connectivity index (χ0) is 12.5. The average Bonchev–Trinajstić information content (AvgIpc) is 2.41. The fourth-order valence-electron chi connectivity index (χ4n) is 3.44. The minimum absolute atomic E-state index is 0.673. The number of anilines is 1. The lowest BCUT2D eigenvalue weighted by molar-refractivity contribution is 0.362. The van der Waals surface area contributed by atoms with E-state index in [0.29, 0.717) is 6.04 Å². The lowest BCUT2D eigenvalue weighted by Crippen LogP contribution is -2.43. The molecule has 1 fully saturated rings. The Balaban J connectivity index is 1.96. The van der Waals surface area contributed by atoms with Crippen molar-refractivity contribution in [2.24, 2.45) is 5.92 Å². The van der Waals surface area contributed by atoms with E-state index in [4.69, 9.17) is 0 Å². The molecule has 2 atom stereocenters. The summed E-state index contributed by atoms with van der Waals surface area (Å²) in [6.45, 7) is 8.18. The van der Waals surface area contributed by atoms with Crippen LogP contribution in [0.1, 0.15) is 37.8 Å². The van der Waals surface area contributed by atoms with E-state index in [1.165, 1.54) is 31.5 Å². The van der Waals surface area contributed by atoms with Crippen LogP contribution < -0.4 is 10.2 Å². The SMILES string of the molecule is CC1CCCN(c2cccc3c2CNCC3)C1C. The summed E-state index contributed by atoms with van der Waals surface area (Å²) in [5.74, 6) is 0.811. The van der Waals surface area contributed by atoms with Crippen LogP contribution in [-0.4, -0.2) is 19.1 Å². The second-order valence-electron chi connectivity index (χ2n) is 5.90. The highest BCUT2D eigenvalue weighted by Crippen LogP contribution is 2.33. The molecule has 2 aliphatic heterocycles. The van der Waals surface area contributed by atoms with Crippen LogP contribution in [-0.2, 0) is 13.0 Å². The zero-order valence-corrected chi connectivity index (χ0v) is 11.6. The number of nitrogens with zero attached hydrogens (tertiary/aromatic N) is 1. The third-order valence-electron chi connectivity index (χ3n) is 4.80. The molecule has 0 spiro atoms. The third-order valence-corrected chi connectivity index (χ3v) is 4.80. The van der Waals surface area contributed by atoms with Gasteiger partial charge in [0.05, 0.1) is 0 Å². The maximum absolute atomic E-state index is 3.52. The summed E-state index contributed by atoms with van der Waals surface area (Å²) in [7, 11) is 0. The molecule has 98 valence electrons. The molecule has 0 aromatic heterocycles. The highest BCUT2D eigenvalue weighted by molar-refractivity contribution is 5.58. The van der Waals surface area contributed by atoms with Gasteiger partial charge in [-0.2, -0.15) is 0 Å². The van der Waals surface area contributed by atoms with E-state index in [1.54, 1.807) is 11.1 Å². The van der Waals surface area contributed by atoms with Gasteiger partial charge in [-0.1, -0.05) is 19.1 Å². The van der Waals surface area contributed by atoms with Gasteiger partial charge in [-0.15, -0.1) is 0 Å². The Morgan fingerprint density at radius 3 is 3.06 bits per heavy atom. The van der Waals surface area contributed by atoms with Crippen molar-refractivity contribution in [2.75, 3.05) is 18.0 Å². The Morgan fingerprint density at radius 1 is 1.28 bits per heavy atom. The van der Waals surface area contributed by atoms with Crippen LogP contribution in [0.4, 0.5) is 5.69 Å². The molecule has 2 heterocycles. The molecule has 1 saturated heterocycles. The van der Waals surface area contributed by atoms with Crippen LogP contribution in [0.15, 0.2) is 18.2 Å². The van der Waals surface area contributed by atoms with Gasteiger partial charge in [0.1, 0.15) is 0 Å². The van der Waals surface area contributed by atoms with Gasteiger partial charge in [0.15, 0.2) is 0 Å². The van der Waals surface area contributed by atoms with Crippen molar-refractivity contribution in [1.29, 1.82) is 0 Å². The van der Waals surface area contributed by atoms with Crippen molar-refractivity contribution in [3.05, 3.63) is 29.3 Å². The van der Waals surface area contributed by atoms with Crippen molar-refractivity contribution < 1.29 is 0 Å². The van der Waals surface area contributed by atoms with E-state index in [9.17, 15) is 0 Å². The third kappa shape index (κ3) is 2.03. The molecular formula is C16H24N2. The van der Waals surface area contributed by atoms with Crippen molar-refractivity contribution in [3.8, 4) is 0 Å². The van der Waals surface area contributed by atoms with Crippen LogP contribution >= 0.6 is 0 Å². The fourth-order valence-corrected chi connectivity index (χ4v) is 3.44. The number of hydrogen-bond donors (Lipinski definition) is 1. The monoisotopic (exact) mass is 244 g/mol. The number of piperidine rings is 1. The number of fused-ring (bicyclic) bond motifs is 1. The number of hydrogen-bond acceptors (Lipinski definition) is 2. The molecule has 0 amide bonds. The quantitative estimate of drug-likeness (QED) is 0.817. The van der Waals surface area contributed by atoms with Gasteiger partial charge < -0.3 is 10.2 Å². The number of benzene rings is 1. The van der Waals surface area contributed by atoms with E-state index in [0.717, 1.165) is 19.0 Å². The van der Waals surface area contributed by atoms with Gasteiger partial charge in [0.2, 0.25) is 0 Å². The summed E-state index contributed by atoms with van der Waals surface area (Å²) < 4.78 is 0. The van der Waals surface area contributed by atoms with E-state index >= 15 is 0 Å². The first-order chi connectivity index (χ1) is 8.77. The lowest BCUT2D eigenvalue weighted by Gasteiger charge is -2.41. The van der Waals surface area contributed by atoms with Crippen molar-refractivity contribution in [3.63, 3.8) is 0 Å². The van der Waals surface area contributed by atoms with E-state index in [2.05, 4.69) is 42.3 Å². The summed E-state index contributed by atoms with van der Waals surface area (Å²) in [4.78, 5) is 2.64. The van der Waals surface area contributed by atoms with Gasteiger partial charge in [-0.25, -0.2) is 0 Å². The molecule has 1 aromatic rings. The molecule has 1 aromatic carbocycles. The molecule has 0 bridgehead atoms. The normalized spacial score (nSPS) is 28.0. The van der Waals surface area contributed by atoms with E-state index < -0.39 is 0 Å². The summed E-state index contributed by atoms with van der Waals surface area (Å²) in [6, 6.07) is 7.54. The first-order valence-electron chi connectivity index (χ1n) is 7.35. The molecular weight excluding hydrogens is 220 g/mol. The summed E-state index contributed by atoms with van der Waals surface area (Å²) >= 11 is 0. The predicted molar refractivity (Wildman–Crippen MR) is 77.1 cm³/mol. The highest BCUT2D eigenvalue weighted by Gasteiger charge is 2.27. The second kappa shape index (κ2) is 4.93. The summed E-state index contributed by atoms with van der Waals surface area (Å²) in [6.07, 6.45) is 3.90. The van der Waals surface area contributed by atoms with E-state index in [1.807, 2.05) is 0 Å². The minimum Gasteiger partial charge on any atom is -0.368 e. The van der Waals surface area contributed by atoms with Gasteiger partial charge in [0.25, 0.3) is 0 Å². The highest BCUT2D eigenvalue weighted by atomic mass is 15.2. The molecule has 2 heteroatoms. The van der Waals surface area contributed by atoms with Crippen LogP contribution in [0.5, 0.6) is 0 Å². The second-order valence-corrected chi connectivity index (χ2v) is 5.90. The Labute approximate surface area is 110 Å². The Kier molecular flexibility index (Phi) is 3.29. The fraction of sp³-hybridized carbons (Fsp3) is 0.625. The summed E-state index contributed by atoms with van der Waals surface area (Å²) in [5.41, 5.74) is 4.58. The number of rotatable bonds is 1. The summed E-state index contributed by atoms with van der Waals surface area (Å²) in [5, 5.41) is 3.52. The van der Waals surface area contributed by atoms with Crippen LogP contribution in [0.25, 0.3) is 0 Å². The van der Waals surface area contributed by atoms with Crippen molar-refractivity contribution in [2.45, 2.75) is 45.7 Å². The molecule has 18 heavy (non-hydrogen) atoms. The first-order valence-corrected chi connectivity index (χ1v) is 7.35. The smallest absolute Gasteiger partial charge is 0.0417 e. The molecule has 0 saturated carbocycles. The van der Waals surface area contributed by atoms with E-state index in [-0.39, 0.29) is 0 Å². The van der Waals surface area contributed by atoms with Gasteiger partial charge >= 0.3 is 0 Å². The topological polar surface area (TPSA) is 15.3 Å². The molecule has 1 N–H and O–H groups in total. The first kappa shape index (κ1) is 12.0. The molecule has 2 unspecified atom stereocenters. The number of nitrogens with one attached hydrogen (secondary N) is 1. The Bertz CT molecular complexity index is 427. The lowest BCUT2D eigenvalue weighted by atomic mass is 9.90. The average molecular weight is 244 g/mol. The standard InChI is InChI=1S/C16H24N2/c1-12-5-4-10-18(13(12)2)16-7-3-6-14-8-9-17-11-15(14)16/h3,6-7,12-13,17H,4-5,8-11H2,1-2H3. The van der Waals surface area contributed by atoms with Gasteiger partial charge in [-0.3, -0.25) is 0 Å². The van der Waals surface area contributed by atoms with Crippen molar-refractivity contribution in [1.82, 2.24) is 5.32 Å². The minimum atomic E-state index is 0.673. The Hall–Kier alpha value is -1.02. The van der Waals surface area contributed by atoms with Crippen LogP contribution in [0.2, 0.25) is 0 Å². The largest absolute Gasteiger partial charge is 0.368 e.